The largest absolute Gasteiger partial charge is 0.463 e. The Morgan fingerprint density at radius 3 is 2.83 bits per heavy atom. The lowest BCUT2D eigenvalue weighted by molar-refractivity contribution is 0.0587. The first kappa shape index (κ1) is 11.4. The molecule has 1 aromatic rings. The van der Waals surface area contributed by atoms with E-state index in [1.54, 1.807) is 6.20 Å². The second kappa shape index (κ2) is 4.53. The highest BCUT2D eigenvalue weighted by Crippen LogP contribution is 2.29. The minimum absolute atomic E-state index is 0.130. The van der Waals surface area contributed by atoms with Gasteiger partial charge in [-0.2, -0.15) is 0 Å². The van der Waals surface area contributed by atoms with Crippen LogP contribution in [0.15, 0.2) is 12.3 Å². The van der Waals surface area contributed by atoms with Crippen molar-refractivity contribution in [1.82, 2.24) is 15.3 Å². The Morgan fingerprint density at radius 2 is 2.17 bits per heavy atom. The Morgan fingerprint density at radius 1 is 1.44 bits per heavy atom. The fourth-order valence-electron chi connectivity index (χ4n) is 2.76. The van der Waals surface area contributed by atoms with Crippen LogP contribution in [0.3, 0.4) is 0 Å². The van der Waals surface area contributed by atoms with Gasteiger partial charge in [0.05, 0.1) is 7.11 Å². The molecular formula is C12H16N4O2. The predicted octanol–water partition coefficient (Wildman–Crippen LogP) is -0.0812. The highest BCUT2D eigenvalue weighted by molar-refractivity contribution is 5.85. The van der Waals surface area contributed by atoms with E-state index in [1.807, 2.05) is 6.07 Å². The summed E-state index contributed by atoms with van der Waals surface area (Å²) in [6.45, 7) is 4.15. The molecule has 0 spiro atoms. The van der Waals surface area contributed by atoms with Crippen LogP contribution in [0.1, 0.15) is 10.6 Å². The van der Waals surface area contributed by atoms with Crippen molar-refractivity contribution in [3.63, 3.8) is 0 Å². The number of carbonyl (C=O) groups is 1. The molecule has 6 nitrogen and oxygen atoms in total. The van der Waals surface area contributed by atoms with Gasteiger partial charge in [0.15, 0.2) is 0 Å². The van der Waals surface area contributed by atoms with Gasteiger partial charge in [0, 0.05) is 32.4 Å². The number of fused-ring (bicyclic) bond motifs is 1. The van der Waals surface area contributed by atoms with Gasteiger partial charge >= 0.3 is 5.97 Å². The van der Waals surface area contributed by atoms with Crippen LogP contribution in [0.2, 0.25) is 0 Å². The molecule has 2 atom stereocenters. The van der Waals surface area contributed by atoms with Crippen molar-refractivity contribution in [3.05, 3.63) is 18.1 Å². The summed E-state index contributed by atoms with van der Waals surface area (Å²) >= 11 is 0. The molecule has 0 aromatic carbocycles. The first-order valence-corrected chi connectivity index (χ1v) is 6.15. The van der Waals surface area contributed by atoms with Crippen LogP contribution in [0.4, 0.5) is 5.82 Å². The second-order valence-electron chi connectivity index (χ2n) is 4.81. The van der Waals surface area contributed by atoms with Crippen molar-refractivity contribution >= 4 is 11.8 Å². The van der Waals surface area contributed by atoms with E-state index in [0.717, 1.165) is 32.0 Å². The van der Waals surface area contributed by atoms with Gasteiger partial charge < -0.3 is 15.0 Å². The van der Waals surface area contributed by atoms with Crippen molar-refractivity contribution < 1.29 is 9.53 Å². The van der Waals surface area contributed by atoms with E-state index < -0.39 is 5.97 Å². The highest BCUT2D eigenvalue weighted by Gasteiger charge is 2.36. The number of ether oxygens (including phenoxy) is 1. The number of rotatable bonds is 2. The van der Waals surface area contributed by atoms with E-state index in [-0.39, 0.29) is 5.82 Å². The van der Waals surface area contributed by atoms with Crippen molar-refractivity contribution in [3.8, 4) is 0 Å². The Bertz CT molecular complexity index is 453. The van der Waals surface area contributed by atoms with Crippen molar-refractivity contribution in [2.75, 3.05) is 38.2 Å². The summed E-state index contributed by atoms with van der Waals surface area (Å²) in [6, 6.07) is 1.85. The Labute approximate surface area is 105 Å². The van der Waals surface area contributed by atoms with Crippen LogP contribution < -0.4 is 10.2 Å². The number of hydrogen-bond donors (Lipinski definition) is 1. The van der Waals surface area contributed by atoms with Crippen molar-refractivity contribution in [2.24, 2.45) is 11.8 Å². The highest BCUT2D eigenvalue weighted by atomic mass is 16.5. The number of nitrogens with zero attached hydrogens (tertiary/aromatic N) is 3. The maximum absolute atomic E-state index is 11.4. The van der Waals surface area contributed by atoms with Crippen LogP contribution in [-0.4, -0.2) is 49.2 Å². The number of hydrogen-bond acceptors (Lipinski definition) is 6. The fourth-order valence-corrected chi connectivity index (χ4v) is 2.76. The van der Waals surface area contributed by atoms with E-state index >= 15 is 0 Å². The molecule has 0 amide bonds. The van der Waals surface area contributed by atoms with Gasteiger partial charge in [-0.15, -0.1) is 0 Å². The van der Waals surface area contributed by atoms with Crippen LogP contribution in [0.25, 0.3) is 0 Å². The Kier molecular flexibility index (Phi) is 2.87. The number of esters is 1. The zero-order valence-corrected chi connectivity index (χ0v) is 10.3. The van der Waals surface area contributed by atoms with Crippen LogP contribution in [0.5, 0.6) is 0 Å². The maximum atomic E-state index is 11.4. The molecular weight excluding hydrogens is 232 g/mol. The third-order valence-corrected chi connectivity index (χ3v) is 3.72. The molecule has 2 fully saturated rings. The van der Waals surface area contributed by atoms with Crippen LogP contribution >= 0.6 is 0 Å². The van der Waals surface area contributed by atoms with E-state index in [2.05, 4.69) is 24.9 Å². The summed E-state index contributed by atoms with van der Waals surface area (Å²) in [5.41, 5.74) is 0. The average Bonchev–Trinajstić information content (AvgIpc) is 2.98. The fraction of sp³-hybridized carbons (Fsp3) is 0.583. The lowest BCUT2D eigenvalue weighted by Crippen LogP contribution is -2.26. The molecule has 18 heavy (non-hydrogen) atoms. The summed E-state index contributed by atoms with van der Waals surface area (Å²) in [6.07, 6.45) is 1.61. The zero-order chi connectivity index (χ0) is 12.5. The third-order valence-electron chi connectivity index (χ3n) is 3.72. The van der Waals surface area contributed by atoms with Gasteiger partial charge in [0.1, 0.15) is 5.82 Å². The molecule has 0 unspecified atom stereocenters. The molecule has 0 aliphatic carbocycles. The quantitative estimate of drug-likeness (QED) is 0.738. The van der Waals surface area contributed by atoms with Gasteiger partial charge in [-0.3, -0.25) is 0 Å². The molecule has 1 aromatic heterocycles. The minimum atomic E-state index is -0.488. The topological polar surface area (TPSA) is 67.3 Å². The second-order valence-corrected chi connectivity index (χ2v) is 4.81. The SMILES string of the molecule is COC(=O)c1nccc(N2C[C@H]3CNC[C@H]3C2)n1. The summed E-state index contributed by atoms with van der Waals surface area (Å²) in [5.74, 6) is 1.85. The first-order chi connectivity index (χ1) is 8.78. The molecule has 0 bridgehead atoms. The molecule has 1 N–H and O–H groups in total. The molecule has 2 saturated heterocycles. The lowest BCUT2D eigenvalue weighted by atomic mass is 10.0. The third kappa shape index (κ3) is 1.92. The van der Waals surface area contributed by atoms with E-state index in [4.69, 9.17) is 0 Å². The normalized spacial score (nSPS) is 26.2. The number of methoxy groups -OCH3 is 1. The first-order valence-electron chi connectivity index (χ1n) is 6.15. The van der Waals surface area contributed by atoms with Gasteiger partial charge in [-0.05, 0) is 17.9 Å². The molecule has 96 valence electrons. The van der Waals surface area contributed by atoms with Gasteiger partial charge in [-0.1, -0.05) is 0 Å². The summed E-state index contributed by atoms with van der Waals surface area (Å²) in [7, 11) is 1.34. The summed E-state index contributed by atoms with van der Waals surface area (Å²) < 4.78 is 4.64. The Hall–Kier alpha value is -1.69. The van der Waals surface area contributed by atoms with Crippen LogP contribution in [0, 0.1) is 11.8 Å². The number of carbonyl (C=O) groups excluding carboxylic acids is 1. The van der Waals surface area contributed by atoms with E-state index in [0.29, 0.717) is 11.8 Å². The van der Waals surface area contributed by atoms with Gasteiger partial charge in [0.2, 0.25) is 5.82 Å². The predicted molar refractivity (Wildman–Crippen MR) is 65.4 cm³/mol. The molecule has 2 aliphatic rings. The monoisotopic (exact) mass is 248 g/mol. The van der Waals surface area contributed by atoms with Crippen LogP contribution in [-0.2, 0) is 4.74 Å². The number of aromatic nitrogens is 2. The zero-order valence-electron chi connectivity index (χ0n) is 10.3. The molecule has 2 aliphatic heterocycles. The molecule has 3 rings (SSSR count). The molecule has 0 saturated carbocycles. The van der Waals surface area contributed by atoms with Crippen molar-refractivity contribution in [2.45, 2.75) is 0 Å². The number of anilines is 1. The minimum Gasteiger partial charge on any atom is -0.463 e. The molecule has 6 heteroatoms. The molecule has 3 heterocycles. The standard InChI is InChI=1S/C12H16N4O2/c1-18-12(17)11-14-3-2-10(15-11)16-6-8-4-13-5-9(8)7-16/h2-3,8-9,13H,4-7H2,1H3/t8-,9+. The van der Waals surface area contributed by atoms with E-state index in [9.17, 15) is 4.79 Å². The van der Waals surface area contributed by atoms with Crippen molar-refractivity contribution in [1.29, 1.82) is 0 Å². The van der Waals surface area contributed by atoms with Gasteiger partial charge in [0.25, 0.3) is 0 Å². The summed E-state index contributed by atoms with van der Waals surface area (Å²) in [4.78, 5) is 21.8. The number of nitrogens with one attached hydrogen (secondary N) is 1. The lowest BCUT2D eigenvalue weighted by Gasteiger charge is -2.18. The molecule has 0 radical (unpaired) electrons. The smallest absolute Gasteiger partial charge is 0.376 e. The van der Waals surface area contributed by atoms with Gasteiger partial charge in [-0.25, -0.2) is 14.8 Å². The Balaban J connectivity index is 1.79. The maximum Gasteiger partial charge on any atom is 0.376 e. The summed E-state index contributed by atoms with van der Waals surface area (Å²) in [5, 5.41) is 3.40. The average molecular weight is 248 g/mol. The van der Waals surface area contributed by atoms with E-state index in [1.165, 1.54) is 7.11 Å².